The van der Waals surface area contributed by atoms with Crippen molar-refractivity contribution < 1.29 is 19.0 Å². The maximum absolute atomic E-state index is 13.1. The summed E-state index contributed by atoms with van der Waals surface area (Å²) in [5, 5.41) is 0. The number of aryl methyl sites for hydroxylation is 1. The molecule has 1 spiro atoms. The molecule has 2 aliphatic heterocycles. The van der Waals surface area contributed by atoms with Gasteiger partial charge in [-0.15, -0.1) is 0 Å². The van der Waals surface area contributed by atoms with E-state index in [1.807, 2.05) is 55.6 Å². The van der Waals surface area contributed by atoms with Gasteiger partial charge in [0.15, 0.2) is 0 Å². The molecule has 0 aliphatic carbocycles. The van der Waals surface area contributed by atoms with Gasteiger partial charge in [0.2, 0.25) is 0 Å². The molecule has 174 valence electrons. The Hall–Kier alpha value is -1.28. The highest BCUT2D eigenvalue weighted by atomic mass is 32.2. The molecule has 0 aromatic heterocycles. The largest absolute Gasteiger partial charge is 0.491 e. The van der Waals surface area contributed by atoms with E-state index >= 15 is 0 Å². The van der Waals surface area contributed by atoms with E-state index in [2.05, 4.69) is 11.2 Å². The molecule has 1 unspecified atom stereocenters. The number of carbonyl (C=O) groups excluding carboxylic acids is 1. The minimum Gasteiger partial charge on any atom is -0.491 e. The Bertz CT molecular complexity index is 734. The molecule has 31 heavy (non-hydrogen) atoms. The van der Waals surface area contributed by atoms with E-state index in [1.54, 1.807) is 7.11 Å². The van der Waals surface area contributed by atoms with Gasteiger partial charge in [-0.25, -0.2) is 0 Å². The lowest BCUT2D eigenvalue weighted by molar-refractivity contribution is -0.184. The predicted molar refractivity (Wildman–Crippen MR) is 126 cm³/mol. The van der Waals surface area contributed by atoms with Gasteiger partial charge in [-0.3, -0.25) is 9.69 Å². The molecule has 0 N–H and O–H groups in total. The summed E-state index contributed by atoms with van der Waals surface area (Å²) < 4.78 is 17.8. The van der Waals surface area contributed by atoms with E-state index < -0.39 is 0 Å². The van der Waals surface area contributed by atoms with Gasteiger partial charge in [0.25, 0.3) is 5.91 Å². The van der Waals surface area contributed by atoms with Gasteiger partial charge in [-0.05, 0) is 63.6 Å². The number of likely N-dealkylation sites (tertiary alicyclic amines) is 1. The van der Waals surface area contributed by atoms with Crippen LogP contribution in [-0.4, -0.2) is 92.0 Å². The minimum atomic E-state index is -0.179. The molecule has 2 fully saturated rings. The number of thioether (sulfide) groups is 1. The number of benzene rings is 1. The van der Waals surface area contributed by atoms with E-state index in [4.69, 9.17) is 14.2 Å². The van der Waals surface area contributed by atoms with Crippen LogP contribution < -0.4 is 4.74 Å². The summed E-state index contributed by atoms with van der Waals surface area (Å²) in [6.07, 6.45) is 4.09. The van der Waals surface area contributed by atoms with Gasteiger partial charge < -0.3 is 19.1 Å². The highest BCUT2D eigenvalue weighted by Crippen LogP contribution is 2.33. The fraction of sp³-hybridized carbons (Fsp3) is 0.708. The van der Waals surface area contributed by atoms with Crippen LogP contribution in [0.25, 0.3) is 0 Å². The minimum absolute atomic E-state index is 0.0949. The molecule has 6 nitrogen and oxygen atoms in total. The maximum atomic E-state index is 13.1. The monoisotopic (exact) mass is 450 g/mol. The van der Waals surface area contributed by atoms with Gasteiger partial charge in [0.05, 0.1) is 24.4 Å². The molecule has 0 bridgehead atoms. The Labute approximate surface area is 191 Å². The first-order chi connectivity index (χ1) is 14.9. The van der Waals surface area contributed by atoms with Crippen LogP contribution in [-0.2, 0) is 9.47 Å². The predicted octanol–water partition coefficient (Wildman–Crippen LogP) is 3.47. The van der Waals surface area contributed by atoms with Crippen LogP contribution in [0.5, 0.6) is 5.75 Å². The zero-order valence-electron chi connectivity index (χ0n) is 19.7. The molecule has 2 heterocycles. The van der Waals surface area contributed by atoms with Crippen molar-refractivity contribution in [2.75, 3.05) is 58.4 Å². The van der Waals surface area contributed by atoms with Crippen LogP contribution >= 0.6 is 11.8 Å². The topological polar surface area (TPSA) is 51.2 Å². The van der Waals surface area contributed by atoms with E-state index in [0.717, 1.165) is 68.2 Å². The Kier molecular flexibility index (Phi) is 8.67. The van der Waals surface area contributed by atoms with E-state index in [-0.39, 0.29) is 23.7 Å². The third kappa shape index (κ3) is 6.37. The number of amides is 1. The summed E-state index contributed by atoms with van der Waals surface area (Å²) in [4.78, 5) is 17.6. The Balaban J connectivity index is 1.63. The molecular weight excluding hydrogens is 412 g/mol. The van der Waals surface area contributed by atoms with Crippen LogP contribution in [0, 0.1) is 6.92 Å². The first-order valence-corrected chi connectivity index (χ1v) is 12.7. The van der Waals surface area contributed by atoms with E-state index in [1.165, 1.54) is 0 Å². The summed E-state index contributed by atoms with van der Waals surface area (Å²) in [6, 6.07) is 5.74. The summed E-state index contributed by atoms with van der Waals surface area (Å²) in [6.45, 7) is 11.0. The summed E-state index contributed by atoms with van der Waals surface area (Å²) in [5.74, 6) is 2.06. The second-order valence-corrected chi connectivity index (χ2v) is 10.0. The third-order valence-electron chi connectivity index (χ3n) is 6.10. The highest BCUT2D eigenvalue weighted by Gasteiger charge is 2.43. The first kappa shape index (κ1) is 24.4. The molecule has 2 aliphatic rings. The molecule has 0 saturated carbocycles. The molecule has 1 amide bonds. The van der Waals surface area contributed by atoms with Crippen LogP contribution in [0.4, 0.5) is 0 Å². The van der Waals surface area contributed by atoms with E-state index in [0.29, 0.717) is 6.61 Å². The zero-order valence-corrected chi connectivity index (χ0v) is 20.5. The summed E-state index contributed by atoms with van der Waals surface area (Å²) in [5.41, 5.74) is 1.55. The van der Waals surface area contributed by atoms with Crippen LogP contribution in [0.3, 0.4) is 0 Å². The van der Waals surface area contributed by atoms with Crippen LogP contribution in [0.2, 0.25) is 0 Å². The SMILES string of the molecule is COCC1CN(CCSC)CC2(CCN(C(=O)c3ccc(OC(C)C)c(C)c3)CC2)O1. The molecule has 0 radical (unpaired) electrons. The summed E-state index contributed by atoms with van der Waals surface area (Å²) in [7, 11) is 1.73. The maximum Gasteiger partial charge on any atom is 0.253 e. The Morgan fingerprint density at radius 3 is 2.68 bits per heavy atom. The summed E-state index contributed by atoms with van der Waals surface area (Å²) >= 11 is 1.88. The molecule has 1 atom stereocenters. The first-order valence-electron chi connectivity index (χ1n) is 11.3. The average Bonchev–Trinajstić information content (AvgIpc) is 2.73. The number of morpholine rings is 1. The Morgan fingerprint density at radius 1 is 1.32 bits per heavy atom. The molecule has 2 saturated heterocycles. The zero-order chi connectivity index (χ0) is 22.4. The molecule has 7 heteroatoms. The number of methoxy groups -OCH3 is 1. The van der Waals surface area contributed by atoms with Gasteiger partial charge in [-0.2, -0.15) is 11.8 Å². The number of hydrogen-bond donors (Lipinski definition) is 0. The normalized spacial score (nSPS) is 21.6. The number of carbonyl (C=O) groups is 1. The van der Waals surface area contributed by atoms with E-state index in [9.17, 15) is 4.79 Å². The van der Waals surface area contributed by atoms with Gasteiger partial charge >= 0.3 is 0 Å². The fourth-order valence-corrected chi connectivity index (χ4v) is 5.04. The van der Waals surface area contributed by atoms with Crippen molar-refractivity contribution in [2.45, 2.75) is 51.4 Å². The number of ether oxygens (including phenoxy) is 3. The lowest BCUT2D eigenvalue weighted by Crippen LogP contribution is -2.61. The van der Waals surface area contributed by atoms with Crippen molar-refractivity contribution >= 4 is 17.7 Å². The van der Waals surface area contributed by atoms with Crippen LogP contribution in [0.1, 0.15) is 42.6 Å². The fourth-order valence-electron chi connectivity index (χ4n) is 4.60. The van der Waals surface area contributed by atoms with Crippen molar-refractivity contribution in [3.05, 3.63) is 29.3 Å². The Morgan fingerprint density at radius 2 is 2.06 bits per heavy atom. The number of piperidine rings is 1. The lowest BCUT2D eigenvalue weighted by Gasteiger charge is -2.50. The van der Waals surface area contributed by atoms with Crippen molar-refractivity contribution in [2.24, 2.45) is 0 Å². The van der Waals surface area contributed by atoms with Gasteiger partial charge in [-0.1, -0.05) is 0 Å². The lowest BCUT2D eigenvalue weighted by atomic mass is 9.88. The second-order valence-electron chi connectivity index (χ2n) is 9.05. The molecular formula is C24H38N2O4S. The van der Waals surface area contributed by atoms with Crippen molar-refractivity contribution in [3.8, 4) is 5.75 Å². The molecule has 1 aromatic carbocycles. The number of nitrogens with zero attached hydrogens (tertiary/aromatic N) is 2. The van der Waals surface area contributed by atoms with Crippen molar-refractivity contribution in [1.82, 2.24) is 9.80 Å². The number of rotatable bonds is 8. The molecule has 1 aromatic rings. The average molecular weight is 451 g/mol. The van der Waals surface area contributed by atoms with Crippen LogP contribution in [0.15, 0.2) is 18.2 Å². The molecule has 3 rings (SSSR count). The van der Waals surface area contributed by atoms with Gasteiger partial charge in [0, 0.05) is 51.1 Å². The third-order valence-corrected chi connectivity index (χ3v) is 6.69. The second kappa shape index (κ2) is 11.0. The van der Waals surface area contributed by atoms with Crippen molar-refractivity contribution in [3.63, 3.8) is 0 Å². The standard InChI is InChI=1S/C24H38N2O4S/c1-18(2)29-22-7-6-20(14-19(22)3)23(27)26-10-8-24(9-11-26)17-25(12-13-31-5)15-21(30-24)16-28-4/h6-7,14,18,21H,8-13,15-17H2,1-5H3. The van der Waals surface area contributed by atoms with Crippen molar-refractivity contribution in [1.29, 1.82) is 0 Å². The smallest absolute Gasteiger partial charge is 0.253 e. The van der Waals surface area contributed by atoms with Gasteiger partial charge in [0.1, 0.15) is 5.75 Å². The number of hydrogen-bond acceptors (Lipinski definition) is 6. The quantitative estimate of drug-likeness (QED) is 0.605. The highest BCUT2D eigenvalue weighted by molar-refractivity contribution is 7.98.